The maximum absolute atomic E-state index is 3.76. The fourth-order valence-electron chi connectivity index (χ4n) is 3.54. The van der Waals surface area contributed by atoms with Crippen molar-refractivity contribution in [2.45, 2.75) is 27.2 Å². The Kier molecular flexibility index (Phi) is 7.84. The third-order valence-corrected chi connectivity index (χ3v) is 5.23. The molecule has 0 saturated carbocycles. The number of hydrogen-bond acceptors (Lipinski definition) is 1. The van der Waals surface area contributed by atoms with Crippen molar-refractivity contribution in [3.8, 4) is 0 Å². The van der Waals surface area contributed by atoms with Crippen LogP contribution < -0.4 is 4.90 Å². The van der Waals surface area contributed by atoms with Gasteiger partial charge >= 0.3 is 0 Å². The van der Waals surface area contributed by atoms with Gasteiger partial charge in [-0.25, -0.2) is 0 Å². The summed E-state index contributed by atoms with van der Waals surface area (Å²) >= 11 is 0. The maximum Gasteiger partial charge on any atom is 0.0458 e. The first kappa shape index (κ1) is 22.1. The summed E-state index contributed by atoms with van der Waals surface area (Å²) in [6.07, 6.45) is 20.0. The van der Waals surface area contributed by atoms with E-state index in [2.05, 4.69) is 123 Å². The average molecular weight is 406 g/mol. The van der Waals surface area contributed by atoms with Crippen molar-refractivity contribution in [1.29, 1.82) is 0 Å². The Balaban J connectivity index is 1.90. The number of benzene rings is 2. The van der Waals surface area contributed by atoms with Crippen LogP contribution in [0, 0.1) is 6.92 Å². The zero-order chi connectivity index (χ0) is 22.1. The molecule has 2 aromatic carbocycles. The van der Waals surface area contributed by atoms with Crippen molar-refractivity contribution in [1.82, 2.24) is 0 Å². The molecular weight excluding hydrogens is 374 g/mol. The van der Waals surface area contributed by atoms with Gasteiger partial charge in [-0.1, -0.05) is 97.1 Å². The zero-order valence-corrected chi connectivity index (χ0v) is 18.8. The quantitative estimate of drug-likeness (QED) is 0.419. The highest BCUT2D eigenvalue weighted by atomic mass is 15.1. The lowest BCUT2D eigenvalue weighted by atomic mass is 10.0. The SMILES string of the molecule is C=C/C=C\C=C(/C)N(C1=CCC=C(C=C(C)c2ccccc2)C=C1)c1ccc(C)cc1. The Morgan fingerprint density at radius 3 is 2.35 bits per heavy atom. The maximum atomic E-state index is 3.76. The highest BCUT2D eigenvalue weighted by Crippen LogP contribution is 2.28. The highest BCUT2D eigenvalue weighted by Gasteiger charge is 2.13. The summed E-state index contributed by atoms with van der Waals surface area (Å²) in [6, 6.07) is 19.2. The summed E-state index contributed by atoms with van der Waals surface area (Å²) in [4.78, 5) is 2.30. The number of rotatable bonds is 7. The number of anilines is 1. The van der Waals surface area contributed by atoms with Crippen LogP contribution in [0.1, 0.15) is 31.4 Å². The van der Waals surface area contributed by atoms with E-state index in [9.17, 15) is 0 Å². The van der Waals surface area contributed by atoms with Crippen LogP contribution in [0.15, 0.2) is 133 Å². The molecule has 0 N–H and O–H groups in total. The van der Waals surface area contributed by atoms with Gasteiger partial charge in [-0.05, 0) is 68.2 Å². The molecule has 0 heterocycles. The predicted molar refractivity (Wildman–Crippen MR) is 137 cm³/mol. The van der Waals surface area contributed by atoms with Crippen molar-refractivity contribution in [2.24, 2.45) is 0 Å². The van der Waals surface area contributed by atoms with E-state index >= 15 is 0 Å². The van der Waals surface area contributed by atoms with E-state index in [1.807, 2.05) is 12.2 Å². The molecule has 0 unspecified atom stereocenters. The summed E-state index contributed by atoms with van der Waals surface area (Å²) in [6.45, 7) is 10.2. The number of aryl methyl sites for hydroxylation is 1. The van der Waals surface area contributed by atoms with E-state index in [0.717, 1.165) is 17.8 Å². The number of nitrogens with zero attached hydrogens (tertiary/aromatic N) is 1. The van der Waals surface area contributed by atoms with Gasteiger partial charge in [0.05, 0.1) is 0 Å². The topological polar surface area (TPSA) is 3.24 Å². The van der Waals surface area contributed by atoms with Crippen molar-refractivity contribution in [3.63, 3.8) is 0 Å². The molecule has 156 valence electrons. The molecule has 0 spiro atoms. The minimum absolute atomic E-state index is 0.883. The first-order valence-electron chi connectivity index (χ1n) is 10.7. The molecule has 1 nitrogen and oxygen atoms in total. The minimum Gasteiger partial charge on any atom is -0.315 e. The first-order valence-corrected chi connectivity index (χ1v) is 10.7. The van der Waals surface area contributed by atoms with E-state index in [4.69, 9.17) is 0 Å². The molecule has 3 rings (SSSR count). The largest absolute Gasteiger partial charge is 0.315 e. The smallest absolute Gasteiger partial charge is 0.0458 e. The monoisotopic (exact) mass is 405 g/mol. The number of hydrogen-bond donors (Lipinski definition) is 0. The standard InChI is InChI=1S/C30H31N/c1-5-6-8-12-26(4)31(30-20-17-24(2)18-21-30)29-16-11-13-27(19-22-29)23-25(3)28-14-9-7-10-15-28/h5-10,12-23H,1,11H2,2-4H3/b8-6-,25-23?,26-12+. The Hall–Kier alpha value is -3.58. The second-order valence-corrected chi connectivity index (χ2v) is 7.70. The minimum atomic E-state index is 0.883. The zero-order valence-electron chi connectivity index (χ0n) is 18.8. The number of allylic oxidation sites excluding steroid dienone is 12. The Morgan fingerprint density at radius 2 is 1.65 bits per heavy atom. The van der Waals surface area contributed by atoms with Gasteiger partial charge in [0.2, 0.25) is 0 Å². The van der Waals surface area contributed by atoms with Crippen LogP contribution in [0.5, 0.6) is 0 Å². The molecular formula is C30H31N. The lowest BCUT2D eigenvalue weighted by Gasteiger charge is -2.27. The van der Waals surface area contributed by atoms with Gasteiger partial charge in [0, 0.05) is 17.1 Å². The molecule has 1 heteroatoms. The van der Waals surface area contributed by atoms with Crippen molar-refractivity contribution in [3.05, 3.63) is 144 Å². The molecule has 1 aliphatic rings. The average Bonchev–Trinajstić information content (AvgIpc) is 3.01. The van der Waals surface area contributed by atoms with Crippen molar-refractivity contribution < 1.29 is 0 Å². The molecule has 0 aromatic heterocycles. The van der Waals surface area contributed by atoms with E-state index in [0.29, 0.717) is 0 Å². The fourth-order valence-corrected chi connectivity index (χ4v) is 3.54. The summed E-state index contributed by atoms with van der Waals surface area (Å²) in [5.41, 5.74) is 8.47. The second kappa shape index (κ2) is 11.0. The lowest BCUT2D eigenvalue weighted by molar-refractivity contribution is 1.08. The Bertz CT molecular complexity index is 1070. The molecule has 1 aliphatic carbocycles. The molecule has 0 aliphatic heterocycles. The molecule has 0 fully saturated rings. The highest BCUT2D eigenvalue weighted by molar-refractivity contribution is 5.68. The van der Waals surface area contributed by atoms with Crippen molar-refractivity contribution >= 4 is 11.3 Å². The molecule has 0 saturated heterocycles. The molecule has 0 bridgehead atoms. The fraction of sp³-hybridized carbons (Fsp3) is 0.133. The van der Waals surface area contributed by atoms with Gasteiger partial charge in [0.15, 0.2) is 0 Å². The van der Waals surface area contributed by atoms with Crippen LogP contribution in [-0.4, -0.2) is 0 Å². The second-order valence-electron chi connectivity index (χ2n) is 7.70. The summed E-state index contributed by atoms with van der Waals surface area (Å²) < 4.78 is 0. The van der Waals surface area contributed by atoms with Crippen molar-refractivity contribution in [2.75, 3.05) is 4.90 Å². The third kappa shape index (κ3) is 6.20. The van der Waals surface area contributed by atoms with Crippen LogP contribution in [0.4, 0.5) is 5.69 Å². The van der Waals surface area contributed by atoms with Crippen LogP contribution in [0.3, 0.4) is 0 Å². The van der Waals surface area contributed by atoms with Gasteiger partial charge in [-0.2, -0.15) is 0 Å². The lowest BCUT2D eigenvalue weighted by Crippen LogP contribution is -2.19. The van der Waals surface area contributed by atoms with Gasteiger partial charge < -0.3 is 4.90 Å². The summed E-state index contributed by atoms with van der Waals surface area (Å²) in [7, 11) is 0. The van der Waals surface area contributed by atoms with Crippen LogP contribution >= 0.6 is 0 Å². The Morgan fingerprint density at radius 1 is 0.903 bits per heavy atom. The first-order chi connectivity index (χ1) is 15.1. The van der Waals surface area contributed by atoms with Gasteiger partial charge in [-0.3, -0.25) is 0 Å². The molecule has 0 atom stereocenters. The van der Waals surface area contributed by atoms with E-state index in [1.165, 1.54) is 28.0 Å². The van der Waals surface area contributed by atoms with Gasteiger partial charge in [0.1, 0.15) is 0 Å². The molecule has 31 heavy (non-hydrogen) atoms. The van der Waals surface area contributed by atoms with Crippen LogP contribution in [0.2, 0.25) is 0 Å². The molecule has 0 radical (unpaired) electrons. The van der Waals surface area contributed by atoms with Gasteiger partial charge in [-0.15, -0.1) is 0 Å². The summed E-state index contributed by atoms with van der Waals surface area (Å²) in [5, 5.41) is 0. The van der Waals surface area contributed by atoms with E-state index in [-0.39, 0.29) is 0 Å². The molecule has 0 amide bonds. The van der Waals surface area contributed by atoms with E-state index < -0.39 is 0 Å². The molecule has 2 aromatic rings. The Labute approximate surface area is 187 Å². The van der Waals surface area contributed by atoms with Gasteiger partial charge in [0.25, 0.3) is 0 Å². The third-order valence-electron chi connectivity index (χ3n) is 5.23. The summed E-state index contributed by atoms with van der Waals surface area (Å²) in [5.74, 6) is 0. The van der Waals surface area contributed by atoms with Crippen LogP contribution in [-0.2, 0) is 0 Å². The normalized spacial score (nSPS) is 14.8. The predicted octanol–water partition coefficient (Wildman–Crippen LogP) is 8.32. The van der Waals surface area contributed by atoms with E-state index in [1.54, 1.807) is 6.08 Å². The van der Waals surface area contributed by atoms with Crippen LogP contribution in [0.25, 0.3) is 5.57 Å².